The van der Waals surface area contributed by atoms with Crippen LogP contribution in [0, 0.1) is 10.8 Å². The van der Waals surface area contributed by atoms with Crippen LogP contribution in [-0.4, -0.2) is 62.2 Å². The van der Waals surface area contributed by atoms with E-state index in [9.17, 15) is 9.90 Å². The maximum absolute atomic E-state index is 12.9. The number of carbonyl (C=O) groups excluding carboxylic acids is 1. The van der Waals surface area contributed by atoms with Crippen LogP contribution in [0.25, 0.3) is 11.4 Å². The van der Waals surface area contributed by atoms with Crippen molar-refractivity contribution in [3.05, 3.63) is 47.6 Å². The van der Waals surface area contributed by atoms with Gasteiger partial charge in [-0.1, -0.05) is 12.5 Å². The van der Waals surface area contributed by atoms with Crippen molar-refractivity contribution in [1.29, 1.82) is 5.41 Å². The minimum Gasteiger partial charge on any atom is -0.511 e. The van der Waals surface area contributed by atoms with Gasteiger partial charge < -0.3 is 9.84 Å². The van der Waals surface area contributed by atoms with Crippen molar-refractivity contribution in [2.75, 3.05) is 13.6 Å². The zero-order valence-corrected chi connectivity index (χ0v) is 21.2. The van der Waals surface area contributed by atoms with E-state index in [0.717, 1.165) is 38.6 Å². The molecule has 0 aromatic carbocycles. The molecule has 2 fully saturated rings. The number of hydrogen-bond donors (Lipinski definition) is 2. The molecule has 0 radical (unpaired) electrons. The third kappa shape index (κ3) is 4.54. The van der Waals surface area contributed by atoms with Crippen LogP contribution in [0.4, 0.5) is 0 Å². The molecule has 2 aromatic rings. The zero-order valence-electron chi connectivity index (χ0n) is 21.2. The number of likely N-dealkylation sites (N-methyl/N-ethyl adjacent to an activating group) is 1. The lowest BCUT2D eigenvalue weighted by atomic mass is 9.64. The van der Waals surface area contributed by atoms with Gasteiger partial charge >= 0.3 is 0 Å². The smallest absolute Gasteiger partial charge is 0.217 e. The molecular formula is C28H35N5O3. The molecule has 190 valence electrons. The zero-order chi connectivity index (χ0) is 25.3. The molecule has 2 aromatic heterocycles. The lowest BCUT2D eigenvalue weighted by molar-refractivity contribution is -0.131. The number of hydrogen-bond acceptors (Lipinski definition) is 8. The van der Waals surface area contributed by atoms with Crippen LogP contribution >= 0.6 is 0 Å². The normalized spacial score (nSPS) is 25.8. The summed E-state index contributed by atoms with van der Waals surface area (Å²) in [6.45, 7) is 3.10. The number of aromatic nitrogens is 3. The molecule has 0 bridgehead atoms. The molecule has 2 aliphatic carbocycles. The summed E-state index contributed by atoms with van der Waals surface area (Å²) in [4.78, 5) is 29.0. The molecule has 5 rings (SSSR count). The number of nitrogens with one attached hydrogen (secondary N) is 1. The van der Waals surface area contributed by atoms with Gasteiger partial charge in [-0.05, 0) is 77.6 Å². The number of aliphatic hydroxyl groups is 1. The summed E-state index contributed by atoms with van der Waals surface area (Å²) in [6, 6.07) is 7.66. The Bertz CT molecular complexity index is 1180. The number of carbonyl (C=O) groups is 1. The maximum Gasteiger partial charge on any atom is 0.217 e. The molecule has 36 heavy (non-hydrogen) atoms. The Hall–Kier alpha value is -3.13. The standard InChI is InChI=1S/C28H35N5O3/c1-18(22-11-8-16-33(22)2)36-24-17-21(20-10-4-6-15-30-20)31-27(32-24)25(29)19-9-7-14-28(26(19)35)13-5-3-12-23(28)34/h4,6,10,15,17-18,22,29,35H,3,5,7-9,11-14,16H2,1-2H3/t18-,22-,28+/m0/s1. The molecule has 3 aliphatic rings. The van der Waals surface area contributed by atoms with Crippen LogP contribution in [-0.2, 0) is 4.79 Å². The van der Waals surface area contributed by atoms with Crippen molar-refractivity contribution in [3.63, 3.8) is 0 Å². The first-order valence-electron chi connectivity index (χ1n) is 13.1. The molecule has 1 saturated carbocycles. The fraction of sp³-hybridized carbons (Fsp3) is 0.536. The van der Waals surface area contributed by atoms with E-state index in [4.69, 9.17) is 10.1 Å². The lowest BCUT2D eigenvalue weighted by Crippen LogP contribution is -2.39. The highest BCUT2D eigenvalue weighted by atomic mass is 16.5. The Morgan fingerprint density at radius 1 is 1.17 bits per heavy atom. The largest absolute Gasteiger partial charge is 0.511 e. The number of ether oxygens (including phenoxy) is 1. The van der Waals surface area contributed by atoms with E-state index in [1.165, 1.54) is 0 Å². The molecule has 3 heterocycles. The predicted molar refractivity (Wildman–Crippen MR) is 137 cm³/mol. The van der Waals surface area contributed by atoms with Crippen molar-refractivity contribution in [2.45, 2.75) is 76.9 Å². The summed E-state index contributed by atoms with van der Waals surface area (Å²) in [6.07, 6.45) is 8.65. The third-order valence-electron chi connectivity index (χ3n) is 8.14. The van der Waals surface area contributed by atoms with Crippen LogP contribution in [0.15, 0.2) is 41.8 Å². The number of Topliss-reactive ketones (excluding diaryl/α,β-unsaturated/α-hetero) is 1. The van der Waals surface area contributed by atoms with Gasteiger partial charge in [0, 0.05) is 30.3 Å². The van der Waals surface area contributed by atoms with E-state index in [1.807, 2.05) is 25.1 Å². The summed E-state index contributed by atoms with van der Waals surface area (Å²) in [5.41, 5.74) is 0.900. The van der Waals surface area contributed by atoms with Gasteiger partial charge in [0.15, 0.2) is 5.82 Å². The first kappa shape index (κ1) is 24.6. The molecule has 0 unspecified atom stereocenters. The quantitative estimate of drug-likeness (QED) is 0.555. The maximum atomic E-state index is 12.9. The Balaban J connectivity index is 1.52. The highest BCUT2D eigenvalue weighted by molar-refractivity contribution is 6.09. The first-order valence-corrected chi connectivity index (χ1v) is 13.1. The molecule has 1 saturated heterocycles. The molecule has 2 N–H and O–H groups in total. The van der Waals surface area contributed by atoms with Gasteiger partial charge in [0.2, 0.25) is 5.88 Å². The number of likely N-dealkylation sites (tertiary alicyclic amines) is 1. The van der Waals surface area contributed by atoms with Crippen molar-refractivity contribution < 1.29 is 14.6 Å². The SMILES string of the molecule is C[C@H](Oc1cc(-c2ccccn2)nc(C(=N)C2=C(O)[C@]3(CCCCC3=O)CCC2)n1)[C@@H]1CCCN1C. The topological polar surface area (TPSA) is 112 Å². The molecule has 1 aliphatic heterocycles. The van der Waals surface area contributed by atoms with Crippen LogP contribution in [0.1, 0.15) is 70.5 Å². The van der Waals surface area contributed by atoms with Crippen LogP contribution in [0.3, 0.4) is 0 Å². The predicted octanol–water partition coefficient (Wildman–Crippen LogP) is 4.89. The first-order chi connectivity index (χ1) is 17.4. The second-order valence-corrected chi connectivity index (χ2v) is 10.4. The average molecular weight is 490 g/mol. The van der Waals surface area contributed by atoms with E-state index < -0.39 is 5.41 Å². The minimum absolute atomic E-state index is 0.0539. The lowest BCUT2D eigenvalue weighted by Gasteiger charge is -2.39. The highest BCUT2D eigenvalue weighted by Gasteiger charge is 2.47. The van der Waals surface area contributed by atoms with E-state index in [2.05, 4.69) is 26.9 Å². The van der Waals surface area contributed by atoms with Gasteiger partial charge in [-0.3, -0.25) is 20.1 Å². The van der Waals surface area contributed by atoms with E-state index in [0.29, 0.717) is 54.6 Å². The highest BCUT2D eigenvalue weighted by Crippen LogP contribution is 2.48. The van der Waals surface area contributed by atoms with Crippen LogP contribution in [0.2, 0.25) is 0 Å². The number of ketones is 1. The van der Waals surface area contributed by atoms with Gasteiger partial charge in [-0.25, -0.2) is 4.98 Å². The number of allylic oxidation sites excluding steroid dienone is 2. The Kier molecular flexibility index (Phi) is 6.88. The van der Waals surface area contributed by atoms with Crippen molar-refractivity contribution >= 4 is 11.5 Å². The van der Waals surface area contributed by atoms with E-state index in [1.54, 1.807) is 12.3 Å². The summed E-state index contributed by atoms with van der Waals surface area (Å²) >= 11 is 0. The van der Waals surface area contributed by atoms with Crippen molar-refractivity contribution in [1.82, 2.24) is 19.9 Å². The van der Waals surface area contributed by atoms with Crippen molar-refractivity contribution in [2.24, 2.45) is 5.41 Å². The molecule has 0 amide bonds. The average Bonchev–Trinajstić information content (AvgIpc) is 3.33. The monoisotopic (exact) mass is 489 g/mol. The number of aliphatic hydroxyl groups excluding tert-OH is 1. The third-order valence-corrected chi connectivity index (χ3v) is 8.14. The van der Waals surface area contributed by atoms with E-state index >= 15 is 0 Å². The molecule has 1 spiro atoms. The summed E-state index contributed by atoms with van der Waals surface area (Å²) in [5, 5.41) is 20.4. The summed E-state index contributed by atoms with van der Waals surface area (Å²) in [7, 11) is 2.11. The fourth-order valence-corrected chi connectivity index (χ4v) is 6.12. The van der Waals surface area contributed by atoms with Crippen LogP contribution < -0.4 is 4.74 Å². The second-order valence-electron chi connectivity index (χ2n) is 10.4. The molecule has 8 heteroatoms. The Morgan fingerprint density at radius 2 is 2.00 bits per heavy atom. The number of nitrogens with zero attached hydrogens (tertiary/aromatic N) is 4. The van der Waals surface area contributed by atoms with Crippen molar-refractivity contribution in [3.8, 4) is 17.3 Å². The molecular weight excluding hydrogens is 454 g/mol. The van der Waals surface area contributed by atoms with Gasteiger partial charge in [0.1, 0.15) is 23.4 Å². The number of pyridine rings is 1. The van der Waals surface area contributed by atoms with Gasteiger partial charge in [0.25, 0.3) is 0 Å². The second kappa shape index (κ2) is 10.1. The molecule has 8 nitrogen and oxygen atoms in total. The Morgan fingerprint density at radius 3 is 2.72 bits per heavy atom. The summed E-state index contributed by atoms with van der Waals surface area (Å²) in [5.74, 6) is 0.719. The van der Waals surface area contributed by atoms with Gasteiger partial charge in [0.05, 0.1) is 16.8 Å². The molecule has 3 atom stereocenters. The minimum atomic E-state index is -0.850. The van der Waals surface area contributed by atoms with E-state index in [-0.39, 0.29) is 29.2 Å². The fourth-order valence-electron chi connectivity index (χ4n) is 6.12. The van der Waals surface area contributed by atoms with Gasteiger partial charge in [-0.2, -0.15) is 4.98 Å². The van der Waals surface area contributed by atoms with Crippen LogP contribution in [0.5, 0.6) is 5.88 Å². The number of rotatable bonds is 6. The Labute approximate surface area is 212 Å². The summed E-state index contributed by atoms with van der Waals surface area (Å²) < 4.78 is 6.31. The van der Waals surface area contributed by atoms with Gasteiger partial charge in [-0.15, -0.1) is 0 Å².